The number of rotatable bonds is 6. The third-order valence-corrected chi connectivity index (χ3v) is 8.51. The Kier molecular flexibility index (Phi) is 6.03. The van der Waals surface area contributed by atoms with Crippen LogP contribution in [-0.4, -0.2) is 48.1 Å². The number of hydrogen-bond donors (Lipinski definition) is 3. The van der Waals surface area contributed by atoms with Gasteiger partial charge < -0.3 is 19.7 Å². The molecule has 0 rings (SSSR count). The highest BCUT2D eigenvalue weighted by Gasteiger charge is 2.39. The van der Waals surface area contributed by atoms with Crippen molar-refractivity contribution in [3.05, 3.63) is 0 Å². The van der Waals surface area contributed by atoms with Crippen LogP contribution in [0.25, 0.3) is 0 Å². The van der Waals surface area contributed by atoms with Gasteiger partial charge in [-0.25, -0.2) is 0 Å². The van der Waals surface area contributed by atoms with E-state index in [4.69, 9.17) is 4.43 Å². The Balaban J connectivity index is 4.36. The van der Waals surface area contributed by atoms with Gasteiger partial charge in [0.15, 0.2) is 8.32 Å². The van der Waals surface area contributed by atoms with Crippen LogP contribution in [0.4, 0.5) is 0 Å². The zero-order chi connectivity index (χ0) is 14.8. The fraction of sp³-hybridized carbons (Fsp3) is 1.00. The molecule has 0 radical (unpaired) electrons. The van der Waals surface area contributed by atoms with E-state index in [-0.39, 0.29) is 5.04 Å². The molecule has 0 fully saturated rings. The maximum absolute atomic E-state index is 10.1. The van der Waals surface area contributed by atoms with Crippen molar-refractivity contribution < 1.29 is 19.7 Å². The van der Waals surface area contributed by atoms with Gasteiger partial charge in [0.1, 0.15) is 6.10 Å². The van der Waals surface area contributed by atoms with Crippen molar-refractivity contribution in [3.8, 4) is 0 Å². The van der Waals surface area contributed by atoms with Gasteiger partial charge in [-0.3, -0.25) is 0 Å². The second kappa shape index (κ2) is 6.01. The van der Waals surface area contributed by atoms with Crippen LogP contribution < -0.4 is 0 Å². The van der Waals surface area contributed by atoms with E-state index in [1.807, 2.05) is 0 Å². The molecule has 0 saturated heterocycles. The van der Waals surface area contributed by atoms with E-state index < -0.39 is 26.1 Å². The Bertz CT molecular complexity index is 256. The average Bonchev–Trinajstić information content (AvgIpc) is 2.13. The van der Waals surface area contributed by atoms with Gasteiger partial charge in [0.05, 0.1) is 11.7 Å². The summed E-state index contributed by atoms with van der Waals surface area (Å²) in [6.07, 6.45) is -1.79. The molecular formula is C13H30O4Si. The van der Waals surface area contributed by atoms with Crippen molar-refractivity contribution in [2.24, 2.45) is 0 Å². The van der Waals surface area contributed by atoms with Crippen molar-refractivity contribution in [1.82, 2.24) is 0 Å². The lowest BCUT2D eigenvalue weighted by molar-refractivity contribution is -0.118. The first-order valence-corrected chi connectivity index (χ1v) is 9.44. The zero-order valence-electron chi connectivity index (χ0n) is 12.8. The van der Waals surface area contributed by atoms with Crippen molar-refractivity contribution in [2.75, 3.05) is 6.61 Å². The Labute approximate surface area is 112 Å². The second-order valence-electron chi connectivity index (χ2n) is 6.90. The van der Waals surface area contributed by atoms with Gasteiger partial charge in [-0.1, -0.05) is 20.8 Å². The standard InChI is InChI=1S/C13H30O4Si/c1-10(14)11(15)13(5,16)8-9-17-18(6,7)12(2,3)4/h10-11,14-16H,8-9H2,1-7H3/t10-,11+,13?/m0/s1. The molecule has 3 atom stereocenters. The minimum Gasteiger partial charge on any atom is -0.417 e. The fourth-order valence-electron chi connectivity index (χ4n) is 1.40. The summed E-state index contributed by atoms with van der Waals surface area (Å²) < 4.78 is 5.95. The molecule has 0 bridgehead atoms. The van der Waals surface area contributed by atoms with Gasteiger partial charge in [0, 0.05) is 13.0 Å². The normalized spacial score (nSPS) is 20.3. The van der Waals surface area contributed by atoms with E-state index in [0.29, 0.717) is 13.0 Å². The van der Waals surface area contributed by atoms with E-state index in [9.17, 15) is 15.3 Å². The summed E-state index contributed by atoms with van der Waals surface area (Å²) in [5, 5.41) is 29.2. The monoisotopic (exact) mass is 278 g/mol. The minimum absolute atomic E-state index is 0.127. The van der Waals surface area contributed by atoms with E-state index in [0.717, 1.165) is 0 Å². The van der Waals surface area contributed by atoms with Crippen LogP contribution in [0.5, 0.6) is 0 Å². The van der Waals surface area contributed by atoms with Gasteiger partial charge >= 0.3 is 0 Å². The molecule has 0 aliphatic heterocycles. The van der Waals surface area contributed by atoms with Gasteiger partial charge in [-0.15, -0.1) is 0 Å². The van der Waals surface area contributed by atoms with Gasteiger partial charge in [-0.2, -0.15) is 0 Å². The molecule has 0 amide bonds. The van der Waals surface area contributed by atoms with Crippen LogP contribution in [0.15, 0.2) is 0 Å². The molecule has 110 valence electrons. The topological polar surface area (TPSA) is 69.9 Å². The summed E-state index contributed by atoms with van der Waals surface area (Å²) in [4.78, 5) is 0. The summed E-state index contributed by atoms with van der Waals surface area (Å²) in [5.41, 5.74) is -1.32. The molecule has 0 heterocycles. The molecule has 0 aliphatic carbocycles. The lowest BCUT2D eigenvalue weighted by Gasteiger charge is -2.38. The lowest BCUT2D eigenvalue weighted by atomic mass is 9.92. The molecule has 0 aliphatic rings. The number of hydrogen-bond acceptors (Lipinski definition) is 4. The number of aliphatic hydroxyl groups excluding tert-OH is 2. The van der Waals surface area contributed by atoms with Gasteiger partial charge in [0.2, 0.25) is 0 Å². The maximum atomic E-state index is 10.1. The SMILES string of the molecule is C[C@H](O)[C@@H](O)C(C)(O)CCO[Si](C)(C)C(C)(C)C. The molecule has 0 aromatic heterocycles. The quantitative estimate of drug-likeness (QED) is 0.649. The zero-order valence-corrected chi connectivity index (χ0v) is 13.8. The third kappa shape index (κ3) is 4.97. The smallest absolute Gasteiger partial charge is 0.191 e. The molecule has 1 unspecified atom stereocenters. The predicted octanol–water partition coefficient (Wildman–Crippen LogP) is 1.89. The molecule has 18 heavy (non-hydrogen) atoms. The van der Waals surface area contributed by atoms with Crippen LogP contribution in [-0.2, 0) is 4.43 Å². The van der Waals surface area contributed by atoms with Gasteiger partial charge in [-0.05, 0) is 32.0 Å². The van der Waals surface area contributed by atoms with Crippen molar-refractivity contribution in [3.63, 3.8) is 0 Å². The molecule has 0 aromatic carbocycles. The fourth-order valence-corrected chi connectivity index (χ4v) is 2.44. The first kappa shape index (κ1) is 18.1. The largest absolute Gasteiger partial charge is 0.417 e. The molecule has 3 N–H and O–H groups in total. The van der Waals surface area contributed by atoms with Crippen LogP contribution in [0, 0.1) is 0 Å². The maximum Gasteiger partial charge on any atom is 0.191 e. The summed E-state index contributed by atoms with van der Waals surface area (Å²) in [7, 11) is -1.82. The average molecular weight is 278 g/mol. The molecular weight excluding hydrogens is 248 g/mol. The van der Waals surface area contributed by atoms with Crippen LogP contribution in [0.2, 0.25) is 18.1 Å². The summed E-state index contributed by atoms with van der Waals surface area (Å²) in [6.45, 7) is 14.1. The van der Waals surface area contributed by atoms with Crippen LogP contribution in [0.1, 0.15) is 41.0 Å². The predicted molar refractivity (Wildman–Crippen MR) is 76.1 cm³/mol. The minimum atomic E-state index is -1.82. The van der Waals surface area contributed by atoms with Crippen molar-refractivity contribution in [2.45, 2.75) is 77.0 Å². The molecule has 0 spiro atoms. The highest BCUT2D eigenvalue weighted by molar-refractivity contribution is 6.74. The van der Waals surface area contributed by atoms with Crippen LogP contribution >= 0.6 is 0 Å². The molecule has 5 heteroatoms. The highest BCUT2D eigenvalue weighted by Crippen LogP contribution is 2.36. The second-order valence-corrected chi connectivity index (χ2v) is 11.7. The Morgan fingerprint density at radius 1 is 1.11 bits per heavy atom. The van der Waals surface area contributed by atoms with E-state index >= 15 is 0 Å². The summed E-state index contributed by atoms with van der Waals surface area (Å²) in [5.74, 6) is 0. The Morgan fingerprint density at radius 3 is 1.89 bits per heavy atom. The Morgan fingerprint density at radius 2 is 1.56 bits per heavy atom. The molecule has 4 nitrogen and oxygen atoms in total. The van der Waals surface area contributed by atoms with Crippen molar-refractivity contribution >= 4 is 8.32 Å². The van der Waals surface area contributed by atoms with Crippen molar-refractivity contribution in [1.29, 1.82) is 0 Å². The summed E-state index contributed by atoms with van der Waals surface area (Å²) >= 11 is 0. The van der Waals surface area contributed by atoms with Crippen LogP contribution in [0.3, 0.4) is 0 Å². The third-order valence-electron chi connectivity index (χ3n) is 3.97. The molecule has 0 saturated carbocycles. The van der Waals surface area contributed by atoms with Gasteiger partial charge in [0.25, 0.3) is 0 Å². The summed E-state index contributed by atoms with van der Waals surface area (Å²) in [6, 6.07) is 0. The lowest BCUT2D eigenvalue weighted by Crippen LogP contribution is -2.48. The van der Waals surface area contributed by atoms with E-state index in [2.05, 4.69) is 33.9 Å². The van der Waals surface area contributed by atoms with E-state index in [1.165, 1.54) is 13.8 Å². The Hall–Kier alpha value is 0.0569. The van der Waals surface area contributed by atoms with E-state index in [1.54, 1.807) is 0 Å². The first-order chi connectivity index (χ1) is 7.81. The highest BCUT2D eigenvalue weighted by atomic mass is 28.4. The molecule has 0 aromatic rings. The first-order valence-electron chi connectivity index (χ1n) is 6.54. The number of aliphatic hydroxyl groups is 3.